The first-order valence-corrected chi connectivity index (χ1v) is 11.2. The molecule has 1 aliphatic rings. The normalized spacial score (nSPS) is 18.7. The first-order chi connectivity index (χ1) is 18.8. The summed E-state index contributed by atoms with van der Waals surface area (Å²) in [5.41, 5.74) is -3.20. The maximum absolute atomic E-state index is 14.3. The summed E-state index contributed by atoms with van der Waals surface area (Å²) in [6.07, 6.45) is -2.37. The second-order valence-corrected chi connectivity index (χ2v) is 8.71. The molecule has 2 N–H and O–H groups in total. The number of halogens is 8. The highest BCUT2D eigenvalue weighted by Crippen LogP contribution is 2.42. The summed E-state index contributed by atoms with van der Waals surface area (Å²) in [5, 5.41) is 4.49. The fraction of sp³-hybridized carbons (Fsp3) is 0.111. The Morgan fingerprint density at radius 1 is 0.775 bits per heavy atom. The molecule has 2 unspecified atom stereocenters. The molecule has 1 aliphatic carbocycles. The van der Waals surface area contributed by atoms with E-state index in [4.69, 9.17) is 4.74 Å². The number of benzene rings is 3. The molecule has 0 heterocycles. The molecule has 0 saturated carbocycles. The van der Waals surface area contributed by atoms with E-state index in [0.717, 1.165) is 6.92 Å². The van der Waals surface area contributed by atoms with Crippen LogP contribution in [0.25, 0.3) is 0 Å². The van der Waals surface area contributed by atoms with Gasteiger partial charge in [-0.1, -0.05) is 0 Å². The third kappa shape index (κ3) is 5.40. The van der Waals surface area contributed by atoms with Crippen molar-refractivity contribution < 1.29 is 49.4 Å². The van der Waals surface area contributed by atoms with Crippen LogP contribution in [0, 0.1) is 28.7 Å². The number of hydrogen-bond acceptors (Lipinski definition) is 3. The summed E-state index contributed by atoms with van der Waals surface area (Å²) in [6, 6.07) is 11.1. The molecule has 0 aliphatic heterocycles. The van der Waals surface area contributed by atoms with E-state index >= 15 is 0 Å². The lowest BCUT2D eigenvalue weighted by molar-refractivity contribution is -0.125. The number of amides is 2. The van der Waals surface area contributed by atoms with Crippen LogP contribution < -0.4 is 15.4 Å². The molecule has 4 rings (SSSR count). The second kappa shape index (κ2) is 10.8. The molecule has 3 aromatic carbocycles. The van der Waals surface area contributed by atoms with Gasteiger partial charge in [0.1, 0.15) is 16.9 Å². The molecule has 0 saturated heterocycles. The predicted octanol–water partition coefficient (Wildman–Crippen LogP) is 7.59. The number of ether oxygens (including phenoxy) is 1. The highest BCUT2D eigenvalue weighted by atomic mass is 19.2. The Morgan fingerprint density at radius 3 is 1.85 bits per heavy atom. The molecule has 208 valence electrons. The van der Waals surface area contributed by atoms with Gasteiger partial charge in [0, 0.05) is 11.4 Å². The number of carbonyl (C=O) groups is 2. The summed E-state index contributed by atoms with van der Waals surface area (Å²) in [4.78, 5) is 24.7. The number of anilines is 2. The molecule has 0 spiro atoms. The van der Waals surface area contributed by atoms with Crippen LogP contribution in [0.15, 0.2) is 78.2 Å². The van der Waals surface area contributed by atoms with Gasteiger partial charge in [-0.25, -0.2) is 35.1 Å². The number of allylic oxidation sites excluding steroid dienone is 3. The molecule has 13 heteroatoms. The lowest BCUT2D eigenvalue weighted by Crippen LogP contribution is -2.42. The zero-order valence-corrected chi connectivity index (χ0v) is 20.1. The van der Waals surface area contributed by atoms with E-state index in [9.17, 15) is 44.7 Å². The molecule has 5 nitrogen and oxygen atoms in total. The van der Waals surface area contributed by atoms with Crippen molar-refractivity contribution in [1.29, 1.82) is 0 Å². The zero-order valence-electron chi connectivity index (χ0n) is 20.1. The van der Waals surface area contributed by atoms with Gasteiger partial charge in [0.25, 0.3) is 5.91 Å². The highest BCUT2D eigenvalue weighted by Gasteiger charge is 2.48. The summed E-state index contributed by atoms with van der Waals surface area (Å²) in [7, 11) is 0. The van der Waals surface area contributed by atoms with Crippen LogP contribution in [0.4, 0.5) is 46.5 Å². The SMILES string of the molecule is CC1(C(=O)Nc2ccc(Oc3ccc(NC(=O)c4cc(F)c(F)c(F)c4F)cc3)cc2)C=C(F)C(F)=C(F)C1F. The van der Waals surface area contributed by atoms with Gasteiger partial charge in [-0.05, 0) is 67.6 Å². The maximum Gasteiger partial charge on any atom is 0.258 e. The minimum absolute atomic E-state index is 0.0824. The van der Waals surface area contributed by atoms with Gasteiger partial charge in [0.15, 0.2) is 46.9 Å². The number of rotatable bonds is 6. The number of hydrogen-bond donors (Lipinski definition) is 2. The van der Waals surface area contributed by atoms with Gasteiger partial charge < -0.3 is 15.4 Å². The van der Waals surface area contributed by atoms with Gasteiger partial charge in [-0.2, -0.15) is 0 Å². The van der Waals surface area contributed by atoms with Gasteiger partial charge in [-0.3, -0.25) is 9.59 Å². The summed E-state index contributed by atoms with van der Waals surface area (Å²) in [5.74, 6) is -15.3. The Hall–Kier alpha value is -4.68. The van der Waals surface area contributed by atoms with Crippen LogP contribution >= 0.6 is 0 Å². The number of nitrogens with one attached hydrogen (secondary N) is 2. The first kappa shape index (κ1) is 28.3. The Balaban J connectivity index is 1.38. The van der Waals surface area contributed by atoms with Crippen molar-refractivity contribution in [3.63, 3.8) is 0 Å². The minimum atomic E-state index is -2.74. The Labute approximate surface area is 220 Å². The number of alkyl halides is 1. The van der Waals surface area contributed by atoms with E-state index in [1.54, 1.807) is 0 Å². The van der Waals surface area contributed by atoms with Crippen molar-refractivity contribution in [3.05, 3.63) is 107 Å². The second-order valence-electron chi connectivity index (χ2n) is 8.71. The van der Waals surface area contributed by atoms with E-state index in [2.05, 4.69) is 10.6 Å². The quantitative estimate of drug-likeness (QED) is 0.183. The Morgan fingerprint density at radius 2 is 1.30 bits per heavy atom. The zero-order chi connectivity index (χ0) is 29.4. The van der Waals surface area contributed by atoms with Crippen LogP contribution in [-0.2, 0) is 4.79 Å². The van der Waals surface area contributed by atoms with Crippen LogP contribution in [0.3, 0.4) is 0 Å². The van der Waals surface area contributed by atoms with E-state index in [1.165, 1.54) is 48.5 Å². The van der Waals surface area contributed by atoms with Crippen LogP contribution in [0.2, 0.25) is 0 Å². The Bertz CT molecular complexity index is 1560. The topological polar surface area (TPSA) is 67.4 Å². The fourth-order valence-corrected chi connectivity index (χ4v) is 3.62. The molecule has 0 radical (unpaired) electrons. The van der Waals surface area contributed by atoms with Gasteiger partial charge >= 0.3 is 0 Å². The monoisotopic (exact) mass is 568 g/mol. The summed E-state index contributed by atoms with van der Waals surface area (Å²) < 4.78 is 114. The van der Waals surface area contributed by atoms with Gasteiger partial charge in [0.2, 0.25) is 5.91 Å². The van der Waals surface area contributed by atoms with Crippen molar-refractivity contribution >= 4 is 23.2 Å². The molecular weight excluding hydrogens is 552 g/mol. The largest absolute Gasteiger partial charge is 0.457 e. The van der Waals surface area contributed by atoms with Crippen LogP contribution in [0.1, 0.15) is 17.3 Å². The van der Waals surface area contributed by atoms with Crippen LogP contribution in [-0.4, -0.2) is 18.0 Å². The third-order valence-corrected chi connectivity index (χ3v) is 5.89. The summed E-state index contributed by atoms with van der Waals surface area (Å²) >= 11 is 0. The Kier molecular flexibility index (Phi) is 7.67. The summed E-state index contributed by atoms with van der Waals surface area (Å²) in [6.45, 7) is 0.912. The average molecular weight is 568 g/mol. The van der Waals surface area contributed by atoms with E-state index < -0.39 is 69.7 Å². The predicted molar refractivity (Wildman–Crippen MR) is 127 cm³/mol. The smallest absolute Gasteiger partial charge is 0.258 e. The van der Waals surface area contributed by atoms with Crippen molar-refractivity contribution in [2.75, 3.05) is 10.6 Å². The molecule has 2 amide bonds. The molecular formula is C27H16F8N2O3. The van der Waals surface area contributed by atoms with Crippen molar-refractivity contribution in [2.45, 2.75) is 13.1 Å². The van der Waals surface area contributed by atoms with Crippen molar-refractivity contribution in [3.8, 4) is 11.5 Å². The third-order valence-electron chi connectivity index (χ3n) is 5.89. The van der Waals surface area contributed by atoms with E-state index in [-0.39, 0.29) is 28.9 Å². The number of carbonyl (C=O) groups excluding carboxylic acids is 2. The molecule has 3 aromatic rings. The minimum Gasteiger partial charge on any atom is -0.457 e. The molecule has 2 atom stereocenters. The fourth-order valence-electron chi connectivity index (χ4n) is 3.62. The van der Waals surface area contributed by atoms with Crippen molar-refractivity contribution in [2.24, 2.45) is 5.41 Å². The first-order valence-electron chi connectivity index (χ1n) is 11.2. The van der Waals surface area contributed by atoms with Gasteiger partial charge in [-0.15, -0.1) is 0 Å². The molecule has 0 bridgehead atoms. The molecule has 40 heavy (non-hydrogen) atoms. The highest BCUT2D eigenvalue weighted by molar-refractivity contribution is 6.04. The standard InChI is InChI=1S/C27H16F8N2O3/c1-27(11-18(29)21(32)23(34)24(27)35)26(39)37-13-4-8-15(9-5-13)40-14-6-2-12(3-7-14)36-25(38)16-10-17(28)20(31)22(33)19(16)30/h2-11,24H,1H3,(H,36,38)(H,37,39). The van der Waals surface area contributed by atoms with Crippen LogP contribution in [0.5, 0.6) is 11.5 Å². The lowest BCUT2D eigenvalue weighted by atomic mass is 9.80. The molecule has 0 aromatic heterocycles. The lowest BCUT2D eigenvalue weighted by Gasteiger charge is -2.30. The van der Waals surface area contributed by atoms with E-state index in [1.807, 2.05) is 0 Å². The van der Waals surface area contributed by atoms with E-state index in [0.29, 0.717) is 6.08 Å². The maximum atomic E-state index is 14.3. The van der Waals surface area contributed by atoms with Gasteiger partial charge in [0.05, 0.1) is 5.56 Å². The average Bonchev–Trinajstić information content (AvgIpc) is 2.93. The van der Waals surface area contributed by atoms with Crippen molar-refractivity contribution in [1.82, 2.24) is 0 Å². The molecule has 0 fully saturated rings.